The van der Waals surface area contributed by atoms with Gasteiger partial charge in [-0.05, 0) is 11.6 Å². The average molecular weight is 206 g/mol. The monoisotopic (exact) mass is 205 g/mol. The Kier molecular flexibility index (Phi) is 4.75. The Bertz CT molecular complexity index is 203. The molecule has 0 fully saturated rings. The Morgan fingerprint density at radius 3 is 2.30 bits per heavy atom. The molecule has 0 aliphatic carbocycles. The Morgan fingerprint density at radius 2 is 1.90 bits per heavy atom. The van der Waals surface area contributed by atoms with Crippen molar-refractivity contribution in [2.45, 2.75) is 6.61 Å². The topological polar surface area (TPSA) is 20.2 Å². The molecule has 0 aliphatic rings. The molecular formula is C7H7ClCuO. The van der Waals surface area contributed by atoms with Crippen molar-refractivity contribution in [3.8, 4) is 0 Å². The molecule has 1 rings (SSSR count). The van der Waals surface area contributed by atoms with E-state index in [1.165, 1.54) is 0 Å². The second-order valence-electron chi connectivity index (χ2n) is 1.75. The van der Waals surface area contributed by atoms with Gasteiger partial charge in [0.05, 0.1) is 6.61 Å². The van der Waals surface area contributed by atoms with Crippen LogP contribution >= 0.6 is 11.6 Å². The first-order valence-corrected chi connectivity index (χ1v) is 3.06. The predicted octanol–water partition coefficient (Wildman–Crippen LogP) is 1.83. The Hall–Kier alpha value is -0.0105. The van der Waals surface area contributed by atoms with E-state index in [1.54, 1.807) is 12.1 Å². The number of aliphatic hydroxyl groups is 1. The van der Waals surface area contributed by atoms with Crippen LogP contribution in [0.5, 0.6) is 0 Å². The first-order chi connectivity index (χ1) is 4.34. The zero-order valence-electron chi connectivity index (χ0n) is 5.14. The summed E-state index contributed by atoms with van der Waals surface area (Å²) >= 11 is 5.66. The third-order valence-electron chi connectivity index (χ3n) is 1.13. The second-order valence-corrected chi connectivity index (χ2v) is 2.16. The van der Waals surface area contributed by atoms with Gasteiger partial charge in [-0.15, -0.1) is 0 Å². The van der Waals surface area contributed by atoms with Crippen LogP contribution in [0.1, 0.15) is 5.56 Å². The van der Waals surface area contributed by atoms with Crippen LogP contribution < -0.4 is 0 Å². The smallest absolute Gasteiger partial charge is 0.0696 e. The quantitative estimate of drug-likeness (QED) is 0.695. The summed E-state index contributed by atoms with van der Waals surface area (Å²) in [6, 6.07) is 7.23. The molecule has 0 aromatic heterocycles. The minimum Gasteiger partial charge on any atom is -0.392 e. The van der Waals surface area contributed by atoms with E-state index in [2.05, 4.69) is 0 Å². The van der Waals surface area contributed by atoms with Crippen LogP contribution in [0.4, 0.5) is 0 Å². The summed E-state index contributed by atoms with van der Waals surface area (Å²) in [6.45, 7) is 0.0136. The molecule has 59 valence electrons. The standard InChI is InChI=1S/C7H7ClO.Cu/c8-7-4-2-1-3-6(7)5-9;/h1-4,9H,5H2;. The Labute approximate surface area is 75.5 Å². The van der Waals surface area contributed by atoms with Gasteiger partial charge in [-0.3, -0.25) is 0 Å². The summed E-state index contributed by atoms with van der Waals surface area (Å²) in [6.07, 6.45) is 0. The largest absolute Gasteiger partial charge is 0.392 e. The zero-order chi connectivity index (χ0) is 6.69. The normalized spacial score (nSPS) is 8.60. The van der Waals surface area contributed by atoms with E-state index in [0.717, 1.165) is 5.56 Å². The van der Waals surface area contributed by atoms with Crippen molar-refractivity contribution in [2.75, 3.05) is 0 Å². The number of hydrogen-bond acceptors (Lipinski definition) is 1. The third-order valence-corrected chi connectivity index (χ3v) is 1.50. The van der Waals surface area contributed by atoms with Gasteiger partial charge in [0.15, 0.2) is 0 Å². The van der Waals surface area contributed by atoms with Crippen LogP contribution in [0.3, 0.4) is 0 Å². The van der Waals surface area contributed by atoms with Gasteiger partial charge in [0.25, 0.3) is 0 Å². The van der Waals surface area contributed by atoms with Gasteiger partial charge in [-0.2, -0.15) is 0 Å². The molecule has 0 atom stereocenters. The van der Waals surface area contributed by atoms with Crippen LogP contribution in [-0.2, 0) is 23.7 Å². The molecule has 0 unspecified atom stereocenters. The summed E-state index contributed by atoms with van der Waals surface area (Å²) in [5, 5.41) is 9.26. The van der Waals surface area contributed by atoms with Crippen molar-refractivity contribution in [3.05, 3.63) is 34.9 Å². The van der Waals surface area contributed by atoms with Crippen molar-refractivity contribution in [1.82, 2.24) is 0 Å². The van der Waals surface area contributed by atoms with E-state index in [1.807, 2.05) is 12.1 Å². The number of aliphatic hydroxyl groups excluding tert-OH is 1. The SMILES string of the molecule is OCc1ccccc1Cl.[Cu]. The minimum atomic E-state index is 0. The number of halogens is 1. The van der Waals surface area contributed by atoms with Gasteiger partial charge < -0.3 is 5.11 Å². The average Bonchev–Trinajstić information content (AvgIpc) is 1.89. The number of rotatable bonds is 1. The van der Waals surface area contributed by atoms with E-state index in [4.69, 9.17) is 16.7 Å². The molecule has 0 amide bonds. The van der Waals surface area contributed by atoms with Crippen molar-refractivity contribution in [1.29, 1.82) is 0 Å². The fourth-order valence-electron chi connectivity index (χ4n) is 0.627. The van der Waals surface area contributed by atoms with Crippen LogP contribution in [-0.4, -0.2) is 5.11 Å². The second kappa shape index (κ2) is 4.75. The fraction of sp³-hybridized carbons (Fsp3) is 0.143. The van der Waals surface area contributed by atoms with E-state index >= 15 is 0 Å². The molecule has 0 heterocycles. The third kappa shape index (κ3) is 2.31. The summed E-state index contributed by atoms with van der Waals surface area (Å²) in [4.78, 5) is 0. The molecule has 1 N–H and O–H groups in total. The molecule has 1 aromatic rings. The fourth-order valence-corrected chi connectivity index (χ4v) is 0.822. The van der Waals surface area contributed by atoms with Crippen LogP contribution in [0.2, 0.25) is 5.02 Å². The predicted molar refractivity (Wildman–Crippen MR) is 37.4 cm³/mol. The molecule has 1 radical (unpaired) electrons. The van der Waals surface area contributed by atoms with Gasteiger partial charge in [0.2, 0.25) is 0 Å². The minimum absolute atomic E-state index is 0. The molecule has 3 heteroatoms. The van der Waals surface area contributed by atoms with E-state index < -0.39 is 0 Å². The van der Waals surface area contributed by atoms with Crippen molar-refractivity contribution < 1.29 is 22.2 Å². The van der Waals surface area contributed by atoms with Crippen molar-refractivity contribution in [2.24, 2.45) is 0 Å². The molecule has 0 bridgehead atoms. The molecule has 0 saturated carbocycles. The van der Waals surface area contributed by atoms with Gasteiger partial charge in [0, 0.05) is 22.1 Å². The maximum Gasteiger partial charge on any atom is 0.0696 e. The van der Waals surface area contributed by atoms with E-state index in [0.29, 0.717) is 5.02 Å². The number of hydrogen-bond donors (Lipinski definition) is 1. The molecular weight excluding hydrogens is 199 g/mol. The van der Waals surface area contributed by atoms with E-state index in [-0.39, 0.29) is 23.7 Å². The van der Waals surface area contributed by atoms with Crippen LogP contribution in [0.15, 0.2) is 24.3 Å². The summed E-state index contributed by atoms with van der Waals surface area (Å²) in [5.41, 5.74) is 0.777. The van der Waals surface area contributed by atoms with Crippen molar-refractivity contribution >= 4 is 11.6 Å². The van der Waals surface area contributed by atoms with Gasteiger partial charge >= 0.3 is 0 Å². The molecule has 0 saturated heterocycles. The molecule has 10 heavy (non-hydrogen) atoms. The Morgan fingerprint density at radius 1 is 1.30 bits per heavy atom. The number of benzene rings is 1. The Balaban J connectivity index is 0.000000810. The molecule has 0 aliphatic heterocycles. The first kappa shape index (κ1) is 9.99. The van der Waals surface area contributed by atoms with Gasteiger partial charge in [-0.1, -0.05) is 29.8 Å². The molecule has 1 aromatic carbocycles. The summed E-state index contributed by atoms with van der Waals surface area (Å²) < 4.78 is 0. The van der Waals surface area contributed by atoms with Crippen LogP contribution in [0, 0.1) is 0 Å². The van der Waals surface area contributed by atoms with Crippen molar-refractivity contribution in [3.63, 3.8) is 0 Å². The van der Waals surface area contributed by atoms with Gasteiger partial charge in [0.1, 0.15) is 0 Å². The first-order valence-electron chi connectivity index (χ1n) is 2.69. The molecule has 0 spiro atoms. The summed E-state index contributed by atoms with van der Waals surface area (Å²) in [7, 11) is 0. The maximum atomic E-state index is 8.63. The zero-order valence-corrected chi connectivity index (χ0v) is 6.84. The van der Waals surface area contributed by atoms with Gasteiger partial charge in [-0.25, -0.2) is 0 Å². The van der Waals surface area contributed by atoms with Crippen LogP contribution in [0.25, 0.3) is 0 Å². The maximum absolute atomic E-state index is 8.63. The summed E-state index contributed by atoms with van der Waals surface area (Å²) in [5.74, 6) is 0. The van der Waals surface area contributed by atoms with E-state index in [9.17, 15) is 0 Å². The molecule has 1 nitrogen and oxygen atoms in total.